The molecule has 1 aliphatic rings. The summed E-state index contributed by atoms with van der Waals surface area (Å²) in [6.45, 7) is 0.994. The molecule has 0 bridgehead atoms. The van der Waals surface area contributed by atoms with Crippen LogP contribution in [0.1, 0.15) is 12.0 Å². The lowest BCUT2D eigenvalue weighted by Gasteiger charge is -2.29. The van der Waals surface area contributed by atoms with E-state index in [4.69, 9.17) is 23.4 Å². The van der Waals surface area contributed by atoms with E-state index in [-0.39, 0.29) is 11.9 Å². The van der Waals surface area contributed by atoms with Gasteiger partial charge >= 0.3 is 0 Å². The molecule has 142 valence electrons. The van der Waals surface area contributed by atoms with E-state index in [1.54, 1.807) is 7.11 Å². The Kier molecular flexibility index (Phi) is 7.66. The van der Waals surface area contributed by atoms with Gasteiger partial charge in [-0.05, 0) is 17.7 Å². The number of likely N-dealkylation sites (N-methyl/N-ethyl adjacent to an activating group) is 1. The van der Waals surface area contributed by atoms with Crippen molar-refractivity contribution in [2.24, 2.45) is 5.73 Å². The normalized spacial score (nSPS) is 22.0. The van der Waals surface area contributed by atoms with Crippen molar-refractivity contribution in [3.05, 3.63) is 29.8 Å². The number of carbonyl (C=O) groups excluding carboxylic acids is 1. The van der Waals surface area contributed by atoms with Crippen molar-refractivity contribution in [3.63, 3.8) is 0 Å². The number of rotatable bonds is 5. The first-order valence-corrected chi connectivity index (χ1v) is 9.80. The van der Waals surface area contributed by atoms with Crippen LogP contribution < -0.4 is 10.5 Å². The van der Waals surface area contributed by atoms with Crippen LogP contribution in [0.5, 0.6) is 5.75 Å². The van der Waals surface area contributed by atoms with Crippen LogP contribution in [0.15, 0.2) is 24.3 Å². The Labute approximate surface area is 152 Å². The molecule has 1 aromatic rings. The summed E-state index contributed by atoms with van der Waals surface area (Å²) in [5, 5.41) is 0.490. The first-order chi connectivity index (χ1) is 11.4. The second-order valence-electron chi connectivity index (χ2n) is 6.29. The molecule has 1 aromatic carbocycles. The quantitative estimate of drug-likeness (QED) is 0.454. The van der Waals surface area contributed by atoms with E-state index in [0.717, 1.165) is 24.5 Å². The maximum absolute atomic E-state index is 11.5. The molecular formula is C15H23FN2O5S2. The number of nitrogens with zero attached hydrogens (tertiary/aromatic N) is 1. The van der Waals surface area contributed by atoms with Gasteiger partial charge in [0.1, 0.15) is 5.75 Å². The maximum atomic E-state index is 11.5. The van der Waals surface area contributed by atoms with Crippen molar-refractivity contribution < 1.29 is 30.9 Å². The third-order valence-electron chi connectivity index (χ3n) is 3.98. The number of methoxy groups -OCH3 is 1. The number of quaternary nitrogens is 1. The molecule has 7 nitrogen and oxygen atoms in total. The van der Waals surface area contributed by atoms with E-state index in [1.807, 2.05) is 23.9 Å². The van der Waals surface area contributed by atoms with Crippen molar-refractivity contribution in [1.29, 1.82) is 0 Å². The molecule has 1 fully saturated rings. The van der Waals surface area contributed by atoms with Crippen LogP contribution >= 0.6 is 11.8 Å². The highest BCUT2D eigenvalue weighted by Crippen LogP contribution is 2.32. The predicted octanol–water partition coefficient (Wildman–Crippen LogP) is 1.05. The summed E-state index contributed by atoms with van der Waals surface area (Å²) < 4.78 is 41.2. The first-order valence-electron chi connectivity index (χ1n) is 7.44. The summed E-state index contributed by atoms with van der Waals surface area (Å²) in [4.78, 5) is 11.5. The molecule has 10 heteroatoms. The third-order valence-corrected chi connectivity index (χ3v) is 5.29. The van der Waals surface area contributed by atoms with Gasteiger partial charge in [0.05, 0.1) is 33.0 Å². The average molecular weight is 394 g/mol. The molecule has 1 amide bonds. The monoisotopic (exact) mass is 394 g/mol. The number of ether oxygens (including phenoxy) is 1. The summed E-state index contributed by atoms with van der Waals surface area (Å²) in [5.74, 6) is 1.66. The van der Waals surface area contributed by atoms with Crippen molar-refractivity contribution in [1.82, 2.24) is 0 Å². The van der Waals surface area contributed by atoms with Crippen molar-refractivity contribution in [3.8, 4) is 5.75 Å². The van der Waals surface area contributed by atoms with Gasteiger partial charge in [-0.2, -0.15) is 0 Å². The highest BCUT2D eigenvalue weighted by Gasteiger charge is 2.44. The topological polar surface area (TPSA) is 110 Å². The number of hydrogen-bond acceptors (Lipinski definition) is 6. The molecule has 0 aliphatic carbocycles. The van der Waals surface area contributed by atoms with Crippen LogP contribution in [-0.4, -0.2) is 62.4 Å². The van der Waals surface area contributed by atoms with Crippen LogP contribution in [0.2, 0.25) is 0 Å². The minimum Gasteiger partial charge on any atom is -0.722 e. The first kappa shape index (κ1) is 21.7. The molecule has 25 heavy (non-hydrogen) atoms. The maximum Gasteiger partial charge on any atom is 0.275 e. The van der Waals surface area contributed by atoms with E-state index >= 15 is 0 Å². The molecule has 2 atom stereocenters. The van der Waals surface area contributed by atoms with Gasteiger partial charge in [0.15, 0.2) is 6.04 Å². The molecule has 0 unspecified atom stereocenters. The van der Waals surface area contributed by atoms with Crippen LogP contribution in [0.3, 0.4) is 0 Å². The number of benzene rings is 1. The second-order valence-corrected chi connectivity index (χ2v) is 8.36. The third kappa shape index (κ3) is 8.04. The average Bonchev–Trinajstić information content (AvgIpc) is 2.79. The van der Waals surface area contributed by atoms with Gasteiger partial charge in [-0.25, -0.2) is 8.42 Å². The Morgan fingerprint density at radius 3 is 2.32 bits per heavy atom. The zero-order chi connectivity index (χ0) is 19.3. The molecule has 2 rings (SSSR count). The fraction of sp³-hybridized carbons (Fsp3) is 0.533. The van der Waals surface area contributed by atoms with Crippen molar-refractivity contribution >= 4 is 28.2 Å². The van der Waals surface area contributed by atoms with E-state index < -0.39 is 10.5 Å². The molecule has 1 aliphatic heterocycles. The standard InChI is InChI=1S/C15H22N2O2S.FHO3S/c1-17(2)9-13(8-14(17)15(16)18)20-10-11-4-6-12(19-3)7-5-11;1-5(2,3)4/h4-7,13-14H,8-10H2,1-3H3,(H-,16,18);(H,2,3,4)/t13-,14+;/m0./s1. The molecule has 0 spiro atoms. The number of carbonyl (C=O) groups is 1. The SMILES string of the molecule is COc1ccc(CS[C@H]2C[C@H](C(N)=O)[N+](C)(C)C2)cc1.O=S(=O)([O-])F. The molecule has 0 saturated carbocycles. The van der Waals surface area contributed by atoms with Gasteiger partial charge in [0.2, 0.25) is 0 Å². The molecular weight excluding hydrogens is 371 g/mol. The van der Waals surface area contributed by atoms with Gasteiger partial charge in [-0.1, -0.05) is 12.1 Å². The van der Waals surface area contributed by atoms with Gasteiger partial charge in [-0.15, -0.1) is 15.6 Å². The lowest BCUT2D eigenvalue weighted by Crippen LogP contribution is -2.50. The van der Waals surface area contributed by atoms with Crippen LogP contribution in [-0.2, 0) is 21.1 Å². The van der Waals surface area contributed by atoms with E-state index in [2.05, 4.69) is 26.2 Å². The number of hydrogen-bond donors (Lipinski definition) is 1. The molecule has 1 saturated heterocycles. The molecule has 0 radical (unpaired) electrons. The zero-order valence-corrected chi connectivity index (χ0v) is 16.0. The largest absolute Gasteiger partial charge is 0.722 e. The van der Waals surface area contributed by atoms with Crippen LogP contribution in [0.4, 0.5) is 3.89 Å². The Morgan fingerprint density at radius 2 is 1.92 bits per heavy atom. The fourth-order valence-corrected chi connectivity index (χ4v) is 4.21. The highest BCUT2D eigenvalue weighted by atomic mass is 32.3. The Morgan fingerprint density at radius 1 is 1.40 bits per heavy atom. The lowest BCUT2D eigenvalue weighted by molar-refractivity contribution is -0.892. The summed E-state index contributed by atoms with van der Waals surface area (Å²) in [6, 6.07) is 8.09. The number of halogens is 1. The number of likely N-dealkylation sites (tertiary alicyclic amines) is 1. The molecule has 1 heterocycles. The minimum absolute atomic E-state index is 0.0524. The summed E-state index contributed by atoms with van der Waals surface area (Å²) in [5.41, 5.74) is 6.78. The van der Waals surface area contributed by atoms with E-state index in [9.17, 15) is 8.68 Å². The second kappa shape index (κ2) is 8.84. The van der Waals surface area contributed by atoms with Crippen molar-refractivity contribution in [2.45, 2.75) is 23.5 Å². The fourth-order valence-electron chi connectivity index (χ4n) is 2.78. The Bertz CT molecular complexity index is 672. The van der Waals surface area contributed by atoms with Crippen LogP contribution in [0.25, 0.3) is 0 Å². The molecule has 2 N–H and O–H groups in total. The van der Waals surface area contributed by atoms with Gasteiger partial charge in [0.25, 0.3) is 16.4 Å². The van der Waals surface area contributed by atoms with Gasteiger partial charge in [-0.3, -0.25) is 4.79 Å². The number of nitrogens with two attached hydrogens (primary N) is 1. The summed E-state index contributed by atoms with van der Waals surface area (Å²) >= 11 is 1.91. The number of primary amides is 1. The summed E-state index contributed by atoms with van der Waals surface area (Å²) in [6.07, 6.45) is 0.878. The van der Waals surface area contributed by atoms with E-state index in [1.165, 1.54) is 5.56 Å². The Balaban J connectivity index is 0.000000550. The molecule has 0 aromatic heterocycles. The van der Waals surface area contributed by atoms with Gasteiger partial charge in [0, 0.05) is 12.2 Å². The minimum atomic E-state index is -5.42. The van der Waals surface area contributed by atoms with Crippen LogP contribution in [0, 0.1) is 0 Å². The smallest absolute Gasteiger partial charge is 0.275 e. The number of amides is 1. The van der Waals surface area contributed by atoms with Crippen molar-refractivity contribution in [2.75, 3.05) is 27.7 Å². The Hall–Kier alpha value is -1.36. The highest BCUT2D eigenvalue weighted by molar-refractivity contribution is 7.99. The zero-order valence-electron chi connectivity index (χ0n) is 14.3. The van der Waals surface area contributed by atoms with E-state index in [0.29, 0.717) is 9.73 Å². The lowest BCUT2D eigenvalue weighted by atomic mass is 10.2. The number of thioether (sulfide) groups is 1. The summed E-state index contributed by atoms with van der Waals surface area (Å²) in [7, 11) is 0.430. The predicted molar refractivity (Wildman–Crippen MR) is 93.5 cm³/mol. The van der Waals surface area contributed by atoms with Gasteiger partial charge < -0.3 is 19.5 Å².